The van der Waals surface area contributed by atoms with Gasteiger partial charge in [-0.05, 0) is 46.0 Å². The number of piperidine rings is 1. The Bertz CT molecular complexity index is 275. The predicted octanol–water partition coefficient (Wildman–Crippen LogP) is 1.15. The Hall–Kier alpha value is -0.870. The highest BCUT2D eigenvalue weighted by Crippen LogP contribution is 2.14. The summed E-state index contributed by atoms with van der Waals surface area (Å²) in [6.45, 7) is 4.59. The molecule has 2 N–H and O–H groups in total. The second kappa shape index (κ2) is 4.77. The minimum atomic E-state index is 0.376. The second-order valence-corrected chi connectivity index (χ2v) is 4.48. The average molecular weight is 208 g/mol. The van der Waals surface area contributed by atoms with Gasteiger partial charge in [-0.25, -0.2) is 0 Å². The van der Waals surface area contributed by atoms with Crippen LogP contribution in [0.4, 0.5) is 0 Å². The van der Waals surface area contributed by atoms with E-state index in [-0.39, 0.29) is 0 Å². The molecule has 1 unspecified atom stereocenters. The van der Waals surface area contributed by atoms with E-state index < -0.39 is 0 Å². The minimum absolute atomic E-state index is 0.376. The normalized spacial score (nSPS) is 21.7. The number of aromatic amines is 1. The van der Waals surface area contributed by atoms with Crippen LogP contribution in [0.3, 0.4) is 0 Å². The van der Waals surface area contributed by atoms with Gasteiger partial charge in [0.1, 0.15) is 0 Å². The molecule has 2 rings (SSSR count). The summed E-state index contributed by atoms with van der Waals surface area (Å²) in [6, 6.07) is 3.06. The molecule has 0 aromatic carbocycles. The van der Waals surface area contributed by atoms with Crippen molar-refractivity contribution in [1.29, 1.82) is 0 Å². The summed E-state index contributed by atoms with van der Waals surface area (Å²) in [6.07, 6.45) is 4.30. The third kappa shape index (κ3) is 2.79. The fraction of sp³-hybridized carbons (Fsp3) is 0.727. The molecule has 1 aromatic heterocycles. The molecule has 1 aliphatic rings. The average Bonchev–Trinajstić information content (AvgIpc) is 2.74. The lowest BCUT2D eigenvalue weighted by Gasteiger charge is -2.31. The van der Waals surface area contributed by atoms with Crippen molar-refractivity contribution >= 4 is 0 Å². The lowest BCUT2D eigenvalue weighted by atomic mass is 10.0. The minimum Gasteiger partial charge on any atom is -0.306 e. The predicted molar refractivity (Wildman–Crippen MR) is 60.7 cm³/mol. The van der Waals surface area contributed by atoms with Crippen molar-refractivity contribution in [3.05, 3.63) is 18.0 Å². The van der Waals surface area contributed by atoms with Crippen LogP contribution in [0.15, 0.2) is 12.3 Å². The molecule has 0 radical (unpaired) electrons. The van der Waals surface area contributed by atoms with Crippen LogP contribution < -0.4 is 5.32 Å². The molecule has 4 nitrogen and oxygen atoms in total. The molecule has 1 aliphatic heterocycles. The van der Waals surface area contributed by atoms with E-state index in [9.17, 15) is 0 Å². The summed E-state index contributed by atoms with van der Waals surface area (Å²) in [7, 11) is 2.19. The first-order valence-corrected chi connectivity index (χ1v) is 5.69. The third-order valence-corrected chi connectivity index (χ3v) is 3.19. The zero-order chi connectivity index (χ0) is 10.7. The maximum absolute atomic E-state index is 3.98. The van der Waals surface area contributed by atoms with Crippen molar-refractivity contribution in [1.82, 2.24) is 20.4 Å². The van der Waals surface area contributed by atoms with Gasteiger partial charge in [0, 0.05) is 18.3 Å². The molecule has 0 saturated carbocycles. The van der Waals surface area contributed by atoms with E-state index in [0.29, 0.717) is 12.1 Å². The molecule has 1 saturated heterocycles. The van der Waals surface area contributed by atoms with Gasteiger partial charge in [-0.1, -0.05) is 0 Å². The van der Waals surface area contributed by atoms with Crippen molar-refractivity contribution in [2.75, 3.05) is 20.1 Å². The first-order chi connectivity index (χ1) is 7.25. The van der Waals surface area contributed by atoms with E-state index in [0.717, 1.165) is 0 Å². The van der Waals surface area contributed by atoms with Crippen molar-refractivity contribution in [3.8, 4) is 0 Å². The highest BCUT2D eigenvalue weighted by atomic mass is 15.1. The first kappa shape index (κ1) is 10.6. The third-order valence-electron chi connectivity index (χ3n) is 3.19. The SMILES string of the molecule is CC(NC1CCN(C)CC1)c1ccn[nH]1. The number of rotatable bonds is 3. The van der Waals surface area contributed by atoms with Gasteiger partial charge < -0.3 is 10.2 Å². The van der Waals surface area contributed by atoms with Gasteiger partial charge in [-0.3, -0.25) is 5.10 Å². The fourth-order valence-electron chi connectivity index (χ4n) is 2.13. The molecule has 1 fully saturated rings. The van der Waals surface area contributed by atoms with E-state index in [1.54, 1.807) is 0 Å². The number of aromatic nitrogens is 2. The van der Waals surface area contributed by atoms with E-state index in [4.69, 9.17) is 0 Å². The monoisotopic (exact) mass is 208 g/mol. The summed E-state index contributed by atoms with van der Waals surface area (Å²) < 4.78 is 0. The van der Waals surface area contributed by atoms with Crippen LogP contribution in [0, 0.1) is 0 Å². The van der Waals surface area contributed by atoms with Gasteiger partial charge in [0.25, 0.3) is 0 Å². The summed E-state index contributed by atoms with van der Waals surface area (Å²) in [5, 5.41) is 10.6. The van der Waals surface area contributed by atoms with Gasteiger partial charge in [-0.15, -0.1) is 0 Å². The van der Waals surface area contributed by atoms with E-state index in [2.05, 4.69) is 34.4 Å². The van der Waals surface area contributed by atoms with Gasteiger partial charge in [0.2, 0.25) is 0 Å². The molecule has 15 heavy (non-hydrogen) atoms. The lowest BCUT2D eigenvalue weighted by molar-refractivity contribution is 0.226. The molecule has 4 heteroatoms. The van der Waals surface area contributed by atoms with Crippen molar-refractivity contribution in [3.63, 3.8) is 0 Å². The number of hydrogen-bond donors (Lipinski definition) is 2. The van der Waals surface area contributed by atoms with Gasteiger partial charge in [0.15, 0.2) is 0 Å². The van der Waals surface area contributed by atoms with Gasteiger partial charge in [0.05, 0.1) is 5.69 Å². The Balaban J connectivity index is 1.82. The van der Waals surface area contributed by atoms with Gasteiger partial charge >= 0.3 is 0 Å². The molecule has 2 heterocycles. The second-order valence-electron chi connectivity index (χ2n) is 4.48. The zero-order valence-electron chi connectivity index (χ0n) is 9.53. The number of nitrogens with one attached hydrogen (secondary N) is 2. The summed E-state index contributed by atoms with van der Waals surface area (Å²) >= 11 is 0. The van der Waals surface area contributed by atoms with Crippen LogP contribution in [-0.4, -0.2) is 41.3 Å². The standard InChI is InChI=1S/C11H20N4/c1-9(11-3-6-12-14-11)13-10-4-7-15(2)8-5-10/h3,6,9-10,13H,4-5,7-8H2,1-2H3,(H,12,14). The first-order valence-electron chi connectivity index (χ1n) is 5.69. The molecule has 1 aromatic rings. The van der Waals surface area contributed by atoms with E-state index in [1.807, 2.05) is 12.3 Å². The van der Waals surface area contributed by atoms with Crippen LogP contribution >= 0.6 is 0 Å². The molecule has 0 aliphatic carbocycles. The largest absolute Gasteiger partial charge is 0.306 e. The summed E-state index contributed by atoms with van der Waals surface area (Å²) in [5.74, 6) is 0. The Labute approximate surface area is 91.1 Å². The summed E-state index contributed by atoms with van der Waals surface area (Å²) in [4.78, 5) is 2.39. The van der Waals surface area contributed by atoms with E-state index in [1.165, 1.54) is 31.6 Å². The van der Waals surface area contributed by atoms with Crippen LogP contribution in [0.1, 0.15) is 31.5 Å². The highest BCUT2D eigenvalue weighted by molar-refractivity contribution is 5.03. The summed E-state index contributed by atoms with van der Waals surface area (Å²) in [5.41, 5.74) is 1.17. The maximum atomic E-state index is 3.98. The molecular formula is C11H20N4. The number of H-pyrrole nitrogens is 1. The lowest BCUT2D eigenvalue weighted by Crippen LogP contribution is -2.41. The van der Waals surface area contributed by atoms with Crippen molar-refractivity contribution < 1.29 is 0 Å². The molecule has 84 valence electrons. The van der Waals surface area contributed by atoms with E-state index >= 15 is 0 Å². The highest BCUT2D eigenvalue weighted by Gasteiger charge is 2.18. The Kier molecular flexibility index (Phi) is 3.38. The molecule has 1 atom stereocenters. The quantitative estimate of drug-likeness (QED) is 0.783. The molecule has 0 bridgehead atoms. The molecule has 0 amide bonds. The van der Waals surface area contributed by atoms with Crippen LogP contribution in [-0.2, 0) is 0 Å². The Morgan fingerprint density at radius 3 is 2.87 bits per heavy atom. The maximum Gasteiger partial charge on any atom is 0.0518 e. The zero-order valence-corrected chi connectivity index (χ0v) is 9.53. The van der Waals surface area contributed by atoms with Crippen molar-refractivity contribution in [2.45, 2.75) is 31.8 Å². The number of likely N-dealkylation sites (tertiary alicyclic amines) is 1. The van der Waals surface area contributed by atoms with Crippen molar-refractivity contribution in [2.24, 2.45) is 0 Å². The molecular weight excluding hydrogens is 188 g/mol. The van der Waals surface area contributed by atoms with Crippen LogP contribution in [0.25, 0.3) is 0 Å². The van der Waals surface area contributed by atoms with Crippen LogP contribution in [0.5, 0.6) is 0 Å². The smallest absolute Gasteiger partial charge is 0.0518 e. The molecule has 0 spiro atoms. The Morgan fingerprint density at radius 2 is 2.27 bits per heavy atom. The fourth-order valence-corrected chi connectivity index (χ4v) is 2.13. The van der Waals surface area contributed by atoms with Crippen LogP contribution in [0.2, 0.25) is 0 Å². The number of nitrogens with zero attached hydrogens (tertiary/aromatic N) is 2. The topological polar surface area (TPSA) is 44.0 Å². The number of hydrogen-bond acceptors (Lipinski definition) is 3. The Morgan fingerprint density at radius 1 is 1.53 bits per heavy atom. The van der Waals surface area contributed by atoms with Gasteiger partial charge in [-0.2, -0.15) is 5.10 Å².